The highest BCUT2D eigenvalue weighted by Crippen LogP contribution is 2.25. The quantitative estimate of drug-likeness (QED) is 0.827. The average molecular weight is 354 g/mol. The average Bonchev–Trinajstić information content (AvgIpc) is 3.15. The normalized spacial score (nSPS) is 20.0. The predicted octanol–water partition coefficient (Wildman–Crippen LogP) is 1.94. The van der Waals surface area contributed by atoms with Crippen LogP contribution in [0.1, 0.15) is 40.5 Å². The molecular formula is C19H22N4O3. The molecule has 1 saturated heterocycles. The SMILES string of the molecule is Cc1cccc(C(=O)N2Cc3cncn3[C@@H](C(=O)N3CCCCO3)C2)c1. The lowest BCUT2D eigenvalue weighted by atomic mass is 10.1. The van der Waals surface area contributed by atoms with Gasteiger partial charge in [-0.2, -0.15) is 0 Å². The summed E-state index contributed by atoms with van der Waals surface area (Å²) in [4.78, 5) is 37.4. The highest BCUT2D eigenvalue weighted by atomic mass is 16.7. The molecular weight excluding hydrogens is 332 g/mol. The monoisotopic (exact) mass is 354 g/mol. The van der Waals surface area contributed by atoms with E-state index in [0.717, 1.165) is 24.1 Å². The van der Waals surface area contributed by atoms with E-state index in [1.165, 1.54) is 5.06 Å². The van der Waals surface area contributed by atoms with Crippen molar-refractivity contribution < 1.29 is 14.4 Å². The summed E-state index contributed by atoms with van der Waals surface area (Å²) in [5, 5.41) is 1.44. The van der Waals surface area contributed by atoms with Gasteiger partial charge in [0, 0.05) is 18.3 Å². The largest absolute Gasteiger partial charge is 0.330 e. The molecule has 0 N–H and O–H groups in total. The smallest absolute Gasteiger partial charge is 0.271 e. The van der Waals surface area contributed by atoms with E-state index in [-0.39, 0.29) is 11.8 Å². The Morgan fingerprint density at radius 2 is 2.15 bits per heavy atom. The maximum absolute atomic E-state index is 13.0. The first-order valence-corrected chi connectivity index (χ1v) is 8.94. The van der Waals surface area contributed by atoms with Crippen molar-refractivity contribution in [1.29, 1.82) is 0 Å². The van der Waals surface area contributed by atoms with Crippen molar-refractivity contribution >= 4 is 11.8 Å². The van der Waals surface area contributed by atoms with Crippen molar-refractivity contribution in [2.75, 3.05) is 19.7 Å². The predicted molar refractivity (Wildman–Crippen MR) is 94.1 cm³/mol. The number of rotatable bonds is 2. The fraction of sp³-hybridized carbons (Fsp3) is 0.421. The molecule has 1 fully saturated rings. The lowest BCUT2D eigenvalue weighted by Gasteiger charge is -2.36. The second-order valence-electron chi connectivity index (χ2n) is 6.84. The number of benzene rings is 1. The Morgan fingerprint density at radius 3 is 2.92 bits per heavy atom. The summed E-state index contributed by atoms with van der Waals surface area (Å²) >= 11 is 0. The number of hydrogen-bond acceptors (Lipinski definition) is 4. The fourth-order valence-electron chi connectivity index (χ4n) is 3.54. The Bertz CT molecular complexity index is 826. The third-order valence-electron chi connectivity index (χ3n) is 4.91. The molecule has 2 aliphatic rings. The summed E-state index contributed by atoms with van der Waals surface area (Å²) in [6, 6.07) is 7.02. The Morgan fingerprint density at radius 1 is 1.27 bits per heavy atom. The van der Waals surface area contributed by atoms with Crippen LogP contribution in [0.2, 0.25) is 0 Å². The molecule has 7 heteroatoms. The molecule has 0 bridgehead atoms. The standard InChI is InChI=1S/C19H22N4O3/c1-14-5-4-6-15(9-14)18(24)21-11-16-10-20-13-22(16)17(12-21)19(25)23-7-2-3-8-26-23/h4-6,9-10,13,17H,2-3,7-8,11-12H2,1H3/t17-/m1/s1. The first-order valence-electron chi connectivity index (χ1n) is 8.94. The summed E-state index contributed by atoms with van der Waals surface area (Å²) in [6.07, 6.45) is 5.27. The summed E-state index contributed by atoms with van der Waals surface area (Å²) in [5.41, 5.74) is 2.53. The van der Waals surface area contributed by atoms with Gasteiger partial charge in [0.2, 0.25) is 0 Å². The summed E-state index contributed by atoms with van der Waals surface area (Å²) in [5.74, 6) is -0.191. The van der Waals surface area contributed by atoms with Crippen LogP contribution in [0.3, 0.4) is 0 Å². The molecule has 0 aliphatic carbocycles. The number of carbonyl (C=O) groups excluding carboxylic acids is 2. The number of fused-ring (bicyclic) bond motifs is 1. The molecule has 4 rings (SSSR count). The van der Waals surface area contributed by atoms with Gasteiger partial charge in [-0.3, -0.25) is 14.4 Å². The number of hydroxylamine groups is 2. The van der Waals surface area contributed by atoms with Gasteiger partial charge in [0.25, 0.3) is 11.8 Å². The fourth-order valence-corrected chi connectivity index (χ4v) is 3.54. The number of nitrogens with zero attached hydrogens (tertiary/aromatic N) is 4. The Hall–Kier alpha value is -2.67. The van der Waals surface area contributed by atoms with Crippen LogP contribution in [0.5, 0.6) is 0 Å². The number of amides is 2. The number of aryl methyl sites for hydroxylation is 1. The van der Waals surface area contributed by atoms with Crippen LogP contribution in [0.4, 0.5) is 0 Å². The van der Waals surface area contributed by atoms with Crippen LogP contribution in [-0.4, -0.2) is 51.0 Å². The molecule has 1 atom stereocenters. The molecule has 1 aromatic heterocycles. The van der Waals surface area contributed by atoms with Gasteiger partial charge >= 0.3 is 0 Å². The van der Waals surface area contributed by atoms with Gasteiger partial charge in [-0.1, -0.05) is 17.7 Å². The molecule has 2 amide bonds. The maximum Gasteiger partial charge on any atom is 0.271 e. The molecule has 7 nitrogen and oxygen atoms in total. The minimum atomic E-state index is -0.506. The van der Waals surface area contributed by atoms with E-state index >= 15 is 0 Å². The second-order valence-corrected chi connectivity index (χ2v) is 6.84. The second kappa shape index (κ2) is 6.92. The zero-order valence-corrected chi connectivity index (χ0v) is 14.8. The van der Waals surface area contributed by atoms with Crippen molar-refractivity contribution in [2.45, 2.75) is 32.4 Å². The molecule has 0 spiro atoms. The van der Waals surface area contributed by atoms with E-state index < -0.39 is 6.04 Å². The first-order chi connectivity index (χ1) is 12.6. The van der Waals surface area contributed by atoms with E-state index in [2.05, 4.69) is 4.98 Å². The van der Waals surface area contributed by atoms with Gasteiger partial charge in [-0.15, -0.1) is 0 Å². The number of carbonyl (C=O) groups is 2. The lowest BCUT2D eigenvalue weighted by Crippen LogP contribution is -2.48. The number of imidazole rings is 1. The van der Waals surface area contributed by atoms with Crippen molar-refractivity contribution in [3.8, 4) is 0 Å². The zero-order chi connectivity index (χ0) is 18.1. The maximum atomic E-state index is 13.0. The van der Waals surface area contributed by atoms with Gasteiger partial charge < -0.3 is 9.47 Å². The van der Waals surface area contributed by atoms with Crippen LogP contribution in [0.15, 0.2) is 36.8 Å². The molecule has 0 unspecified atom stereocenters. The third kappa shape index (κ3) is 3.10. The minimum absolute atomic E-state index is 0.0708. The van der Waals surface area contributed by atoms with E-state index in [1.807, 2.05) is 35.8 Å². The van der Waals surface area contributed by atoms with Crippen molar-refractivity contribution in [3.63, 3.8) is 0 Å². The molecule has 26 heavy (non-hydrogen) atoms. The molecule has 2 aromatic rings. The third-order valence-corrected chi connectivity index (χ3v) is 4.91. The van der Waals surface area contributed by atoms with E-state index in [0.29, 0.717) is 31.8 Å². The molecule has 1 aromatic carbocycles. The summed E-state index contributed by atoms with van der Waals surface area (Å²) < 4.78 is 1.86. The Labute approximate surface area is 152 Å². The van der Waals surface area contributed by atoms with Gasteiger partial charge in [-0.05, 0) is 31.9 Å². The Kier molecular flexibility index (Phi) is 4.46. The number of aromatic nitrogens is 2. The van der Waals surface area contributed by atoms with Crippen LogP contribution >= 0.6 is 0 Å². The van der Waals surface area contributed by atoms with E-state index in [9.17, 15) is 9.59 Å². The minimum Gasteiger partial charge on any atom is -0.330 e. The van der Waals surface area contributed by atoms with Gasteiger partial charge in [0.15, 0.2) is 0 Å². The van der Waals surface area contributed by atoms with E-state index in [1.54, 1.807) is 17.4 Å². The Balaban J connectivity index is 1.59. The van der Waals surface area contributed by atoms with Crippen LogP contribution < -0.4 is 0 Å². The summed E-state index contributed by atoms with van der Waals surface area (Å²) in [6.45, 7) is 3.86. The molecule has 3 heterocycles. The van der Waals surface area contributed by atoms with Crippen molar-refractivity contribution in [3.05, 3.63) is 53.6 Å². The van der Waals surface area contributed by atoms with Crippen molar-refractivity contribution in [1.82, 2.24) is 19.5 Å². The van der Waals surface area contributed by atoms with Gasteiger partial charge in [-0.25, -0.2) is 10.0 Å². The van der Waals surface area contributed by atoms with Gasteiger partial charge in [0.1, 0.15) is 6.04 Å². The molecule has 0 saturated carbocycles. The van der Waals surface area contributed by atoms with E-state index in [4.69, 9.17) is 4.84 Å². The highest BCUT2D eigenvalue weighted by Gasteiger charge is 2.36. The zero-order valence-electron chi connectivity index (χ0n) is 14.8. The summed E-state index contributed by atoms with van der Waals surface area (Å²) in [7, 11) is 0. The molecule has 2 aliphatic heterocycles. The lowest BCUT2D eigenvalue weighted by molar-refractivity contribution is -0.201. The van der Waals surface area contributed by atoms with Crippen LogP contribution in [-0.2, 0) is 16.2 Å². The van der Waals surface area contributed by atoms with Crippen LogP contribution in [0, 0.1) is 6.92 Å². The topological polar surface area (TPSA) is 67.7 Å². The van der Waals surface area contributed by atoms with Gasteiger partial charge in [0.05, 0.1) is 31.7 Å². The van der Waals surface area contributed by atoms with Crippen LogP contribution in [0.25, 0.3) is 0 Å². The van der Waals surface area contributed by atoms with Crippen molar-refractivity contribution in [2.24, 2.45) is 0 Å². The highest BCUT2D eigenvalue weighted by molar-refractivity contribution is 5.95. The molecule has 136 valence electrons. The molecule has 0 radical (unpaired) electrons. The number of hydrogen-bond donors (Lipinski definition) is 0. The first kappa shape index (κ1) is 16.8.